The zero-order valence-corrected chi connectivity index (χ0v) is 9.65. The highest BCUT2D eigenvalue weighted by Crippen LogP contribution is 2.05. The fraction of sp³-hybridized carbons (Fsp3) is 0.0769. The molecule has 0 aromatic heterocycles. The van der Waals surface area contributed by atoms with Gasteiger partial charge < -0.3 is 14.8 Å². The number of hydrogen-bond donors (Lipinski definition) is 2. The maximum atomic E-state index is 8.58. The SMILES string of the molecule is COc1ccccc1.OB(O)c1ccccc1. The molecule has 0 saturated heterocycles. The van der Waals surface area contributed by atoms with Gasteiger partial charge in [0, 0.05) is 0 Å². The van der Waals surface area contributed by atoms with Gasteiger partial charge in [0.05, 0.1) is 7.11 Å². The molecule has 0 atom stereocenters. The van der Waals surface area contributed by atoms with Crippen molar-refractivity contribution in [2.45, 2.75) is 0 Å². The number of para-hydroxylation sites is 1. The first-order valence-corrected chi connectivity index (χ1v) is 5.24. The van der Waals surface area contributed by atoms with E-state index in [0.717, 1.165) is 5.75 Å². The third kappa shape index (κ3) is 5.20. The second kappa shape index (κ2) is 7.49. The first kappa shape index (κ1) is 13.3. The van der Waals surface area contributed by atoms with Crippen LogP contribution in [0.3, 0.4) is 0 Å². The summed E-state index contributed by atoms with van der Waals surface area (Å²) in [6.45, 7) is 0. The quantitative estimate of drug-likeness (QED) is 0.758. The van der Waals surface area contributed by atoms with Crippen LogP contribution >= 0.6 is 0 Å². The summed E-state index contributed by atoms with van der Waals surface area (Å²) in [5.74, 6) is 0.910. The molecule has 3 nitrogen and oxygen atoms in total. The van der Waals surface area contributed by atoms with Gasteiger partial charge in [-0.1, -0.05) is 48.5 Å². The predicted molar refractivity (Wildman–Crippen MR) is 69.3 cm³/mol. The Morgan fingerprint density at radius 2 is 1.29 bits per heavy atom. The third-order valence-electron chi connectivity index (χ3n) is 2.08. The van der Waals surface area contributed by atoms with Crippen LogP contribution in [0.2, 0.25) is 0 Å². The summed E-state index contributed by atoms with van der Waals surface area (Å²) in [6.07, 6.45) is 0. The van der Waals surface area contributed by atoms with Crippen LogP contribution in [0, 0.1) is 0 Å². The zero-order chi connectivity index (χ0) is 12.5. The van der Waals surface area contributed by atoms with E-state index < -0.39 is 7.12 Å². The van der Waals surface area contributed by atoms with Crippen molar-refractivity contribution >= 4 is 12.6 Å². The Kier molecular flexibility index (Phi) is 5.86. The fourth-order valence-corrected chi connectivity index (χ4v) is 1.18. The first-order valence-electron chi connectivity index (χ1n) is 5.24. The molecule has 0 bridgehead atoms. The zero-order valence-electron chi connectivity index (χ0n) is 9.65. The largest absolute Gasteiger partial charge is 0.497 e. The Bertz CT molecular complexity index is 404. The predicted octanol–water partition coefficient (Wildman–Crippen LogP) is 1.06. The second-order valence-electron chi connectivity index (χ2n) is 3.30. The lowest BCUT2D eigenvalue weighted by Gasteiger charge is -1.94. The van der Waals surface area contributed by atoms with Crippen molar-refractivity contribution in [2.75, 3.05) is 7.11 Å². The number of ether oxygens (including phenoxy) is 1. The minimum Gasteiger partial charge on any atom is -0.497 e. The standard InChI is InChI=1S/C7H8O.C6H7BO2/c1-8-7-5-3-2-4-6-7;8-7(9)6-4-2-1-3-5-6/h2-6H,1H3;1-5,8-9H. The van der Waals surface area contributed by atoms with E-state index >= 15 is 0 Å². The maximum absolute atomic E-state index is 8.58. The molecule has 0 aliphatic heterocycles. The van der Waals surface area contributed by atoms with E-state index in [1.54, 1.807) is 31.4 Å². The van der Waals surface area contributed by atoms with Gasteiger partial charge in [-0.25, -0.2) is 0 Å². The van der Waals surface area contributed by atoms with Crippen molar-refractivity contribution < 1.29 is 14.8 Å². The van der Waals surface area contributed by atoms with E-state index in [1.807, 2.05) is 36.4 Å². The summed E-state index contributed by atoms with van der Waals surface area (Å²) in [5.41, 5.74) is 0.525. The number of rotatable bonds is 2. The van der Waals surface area contributed by atoms with E-state index in [9.17, 15) is 0 Å². The minimum atomic E-state index is -1.34. The summed E-state index contributed by atoms with van der Waals surface area (Å²) in [7, 11) is 0.321. The molecular weight excluding hydrogens is 215 g/mol. The van der Waals surface area contributed by atoms with Gasteiger partial charge in [-0.2, -0.15) is 0 Å². The van der Waals surface area contributed by atoms with Crippen LogP contribution in [0.1, 0.15) is 0 Å². The van der Waals surface area contributed by atoms with Crippen LogP contribution in [0.5, 0.6) is 5.75 Å². The molecule has 4 heteroatoms. The molecule has 2 rings (SSSR count). The Labute approximate surface area is 101 Å². The first-order chi connectivity index (χ1) is 8.24. The lowest BCUT2D eigenvalue weighted by Crippen LogP contribution is -2.29. The number of benzene rings is 2. The molecule has 2 N–H and O–H groups in total. The van der Waals surface area contributed by atoms with Crippen molar-refractivity contribution in [1.29, 1.82) is 0 Å². The lowest BCUT2D eigenvalue weighted by molar-refractivity contribution is 0.415. The van der Waals surface area contributed by atoms with Crippen molar-refractivity contribution in [3.8, 4) is 5.75 Å². The van der Waals surface area contributed by atoms with Gasteiger partial charge in [-0.3, -0.25) is 0 Å². The van der Waals surface area contributed by atoms with Crippen LogP contribution < -0.4 is 10.2 Å². The van der Waals surface area contributed by atoms with Gasteiger partial charge in [0.2, 0.25) is 0 Å². The van der Waals surface area contributed by atoms with E-state index in [1.165, 1.54) is 0 Å². The van der Waals surface area contributed by atoms with Gasteiger partial charge in [-0.05, 0) is 17.6 Å². The molecule has 0 aliphatic rings. The van der Waals surface area contributed by atoms with E-state index in [2.05, 4.69) is 0 Å². The summed E-state index contributed by atoms with van der Waals surface area (Å²) in [6, 6.07) is 18.3. The monoisotopic (exact) mass is 230 g/mol. The molecule has 0 spiro atoms. The Balaban J connectivity index is 0.000000171. The normalized spacial score (nSPS) is 8.88. The molecule has 2 aromatic carbocycles. The molecule has 0 fully saturated rings. The molecule has 0 saturated carbocycles. The van der Waals surface area contributed by atoms with E-state index in [-0.39, 0.29) is 0 Å². The maximum Gasteiger partial charge on any atom is 0.488 e. The van der Waals surface area contributed by atoms with Crippen molar-refractivity contribution in [2.24, 2.45) is 0 Å². The number of methoxy groups -OCH3 is 1. The Morgan fingerprint density at radius 1 is 0.824 bits per heavy atom. The summed E-state index contributed by atoms with van der Waals surface area (Å²) < 4.78 is 4.91. The molecule has 88 valence electrons. The Morgan fingerprint density at radius 3 is 1.59 bits per heavy atom. The molecule has 17 heavy (non-hydrogen) atoms. The van der Waals surface area contributed by atoms with Crippen molar-refractivity contribution in [3.63, 3.8) is 0 Å². The molecule has 2 aromatic rings. The average molecular weight is 230 g/mol. The molecule has 0 heterocycles. The van der Waals surface area contributed by atoms with E-state index in [4.69, 9.17) is 14.8 Å². The molecule has 0 amide bonds. The van der Waals surface area contributed by atoms with Crippen LogP contribution in [0.15, 0.2) is 60.7 Å². The second-order valence-corrected chi connectivity index (χ2v) is 3.30. The van der Waals surface area contributed by atoms with Crippen LogP contribution in [0.25, 0.3) is 0 Å². The highest BCUT2D eigenvalue weighted by Gasteiger charge is 2.07. The molecule has 0 unspecified atom stereocenters. The van der Waals surface area contributed by atoms with Gasteiger partial charge in [0.15, 0.2) is 0 Å². The van der Waals surface area contributed by atoms with Crippen molar-refractivity contribution in [3.05, 3.63) is 60.7 Å². The lowest BCUT2D eigenvalue weighted by atomic mass is 9.81. The topological polar surface area (TPSA) is 49.7 Å². The van der Waals surface area contributed by atoms with Gasteiger partial charge >= 0.3 is 7.12 Å². The van der Waals surface area contributed by atoms with Crippen LogP contribution in [-0.4, -0.2) is 24.3 Å². The third-order valence-corrected chi connectivity index (χ3v) is 2.08. The minimum absolute atomic E-state index is 0.525. The summed E-state index contributed by atoms with van der Waals surface area (Å²) in [4.78, 5) is 0. The van der Waals surface area contributed by atoms with Crippen molar-refractivity contribution in [1.82, 2.24) is 0 Å². The van der Waals surface area contributed by atoms with Gasteiger partial charge in [-0.15, -0.1) is 0 Å². The number of hydrogen-bond acceptors (Lipinski definition) is 3. The molecule has 0 radical (unpaired) electrons. The molecular formula is C13H15BO3. The summed E-state index contributed by atoms with van der Waals surface area (Å²) >= 11 is 0. The van der Waals surface area contributed by atoms with E-state index in [0.29, 0.717) is 5.46 Å². The van der Waals surface area contributed by atoms with Gasteiger partial charge in [0.25, 0.3) is 0 Å². The Hall–Kier alpha value is -1.78. The van der Waals surface area contributed by atoms with Gasteiger partial charge in [0.1, 0.15) is 5.75 Å². The van der Waals surface area contributed by atoms with Crippen LogP contribution in [-0.2, 0) is 0 Å². The highest BCUT2D eigenvalue weighted by atomic mass is 16.5. The highest BCUT2D eigenvalue weighted by molar-refractivity contribution is 6.58. The smallest absolute Gasteiger partial charge is 0.488 e. The summed E-state index contributed by atoms with van der Waals surface area (Å²) in [5, 5.41) is 17.2. The fourth-order valence-electron chi connectivity index (χ4n) is 1.18. The molecule has 0 aliphatic carbocycles. The average Bonchev–Trinajstić information content (AvgIpc) is 2.41. The van der Waals surface area contributed by atoms with Crippen LogP contribution in [0.4, 0.5) is 0 Å².